The van der Waals surface area contributed by atoms with Crippen LogP contribution in [0.2, 0.25) is 0 Å². The van der Waals surface area contributed by atoms with Gasteiger partial charge in [-0.3, -0.25) is 4.79 Å². The van der Waals surface area contributed by atoms with Gasteiger partial charge in [0.15, 0.2) is 0 Å². The zero-order valence-electron chi connectivity index (χ0n) is 18.6. The van der Waals surface area contributed by atoms with Crippen molar-refractivity contribution in [3.8, 4) is 5.75 Å². The quantitative estimate of drug-likeness (QED) is 0.645. The first-order valence-corrected chi connectivity index (χ1v) is 12.9. The summed E-state index contributed by atoms with van der Waals surface area (Å²) in [4.78, 5) is 16.3. The number of benzene rings is 1. The Bertz CT molecular complexity index is 934. The molecule has 4 aliphatic rings. The first-order valence-electron chi connectivity index (χ1n) is 11.5. The summed E-state index contributed by atoms with van der Waals surface area (Å²) in [6, 6.07) is 8.23. The molecule has 1 spiro atoms. The number of piperidine rings is 1. The van der Waals surface area contributed by atoms with Crippen LogP contribution in [-0.4, -0.2) is 99.0 Å². The van der Waals surface area contributed by atoms with Gasteiger partial charge in [-0.1, -0.05) is 0 Å². The molecule has 0 bridgehead atoms. The van der Waals surface area contributed by atoms with Gasteiger partial charge in [0.2, 0.25) is 5.91 Å². The molecule has 0 aromatic heterocycles. The summed E-state index contributed by atoms with van der Waals surface area (Å²) in [6.45, 7) is 3.85. The minimum Gasteiger partial charge on any atom is -0.497 e. The fraction of sp³-hybridized carbons (Fsp3) is 0.682. The molecule has 1 aromatic carbocycles. The van der Waals surface area contributed by atoms with Crippen molar-refractivity contribution in [1.29, 1.82) is 0 Å². The van der Waals surface area contributed by atoms with Crippen molar-refractivity contribution in [2.75, 3.05) is 64.4 Å². The van der Waals surface area contributed by atoms with Crippen LogP contribution >= 0.6 is 0 Å². The first kappa shape index (κ1) is 21.9. The maximum absolute atomic E-state index is 13.3. The number of piperazine rings is 1. The molecule has 3 saturated heterocycles. The van der Waals surface area contributed by atoms with Crippen LogP contribution in [0.4, 0.5) is 5.69 Å². The van der Waals surface area contributed by atoms with E-state index in [1.807, 2.05) is 29.2 Å². The molecule has 3 aliphatic heterocycles. The summed E-state index contributed by atoms with van der Waals surface area (Å²) in [5.74, 6) is 0.882. The molecule has 0 atom stereocenters. The summed E-state index contributed by atoms with van der Waals surface area (Å²) in [6.07, 6.45) is 3.42. The van der Waals surface area contributed by atoms with E-state index in [1.165, 1.54) is 0 Å². The molecule has 0 unspecified atom stereocenters. The summed E-state index contributed by atoms with van der Waals surface area (Å²) in [7, 11) is -1.86. The second-order valence-electron chi connectivity index (χ2n) is 9.22. The Hall–Kier alpha value is -1.88. The molecule has 32 heavy (non-hydrogen) atoms. The zero-order valence-corrected chi connectivity index (χ0v) is 19.4. The van der Waals surface area contributed by atoms with E-state index in [0.29, 0.717) is 64.7 Å². The van der Waals surface area contributed by atoms with Crippen LogP contribution in [0, 0.1) is 0 Å². The monoisotopic (exact) mass is 464 g/mol. The van der Waals surface area contributed by atoms with Crippen LogP contribution in [0.1, 0.15) is 25.7 Å². The molecule has 1 aliphatic carbocycles. The summed E-state index contributed by atoms with van der Waals surface area (Å²) >= 11 is 0. The SMILES string of the molecule is COc1ccc(N2CCN(S(=O)(=O)N3CCC4(CC3)CN(C3CC3)C(=O)CO4)CC2)cc1. The number of hydrogen-bond acceptors (Lipinski definition) is 6. The Balaban J connectivity index is 1.17. The number of carbonyl (C=O) groups is 1. The summed E-state index contributed by atoms with van der Waals surface area (Å²) in [5, 5.41) is 0. The highest BCUT2D eigenvalue weighted by Gasteiger charge is 2.48. The minimum absolute atomic E-state index is 0.0721. The van der Waals surface area contributed by atoms with E-state index in [9.17, 15) is 13.2 Å². The van der Waals surface area contributed by atoms with E-state index >= 15 is 0 Å². The maximum atomic E-state index is 13.3. The third kappa shape index (κ3) is 4.21. The molecular weight excluding hydrogens is 432 g/mol. The fourth-order valence-electron chi connectivity index (χ4n) is 5.02. The normalized spacial score (nSPS) is 25.3. The Morgan fingerprint density at radius 1 is 0.969 bits per heavy atom. The van der Waals surface area contributed by atoms with Crippen molar-refractivity contribution in [2.24, 2.45) is 0 Å². The standard InChI is InChI=1S/C22H32N4O5S/c1-30-20-6-4-18(5-7-20)23-12-14-25(15-13-23)32(28,29)24-10-8-22(9-11-24)17-26(19-2-3-19)21(27)16-31-22/h4-7,19H,2-3,8-17H2,1H3. The molecule has 1 saturated carbocycles. The van der Waals surface area contributed by atoms with E-state index in [2.05, 4.69) is 4.90 Å². The van der Waals surface area contributed by atoms with Crippen molar-refractivity contribution in [1.82, 2.24) is 13.5 Å². The van der Waals surface area contributed by atoms with E-state index in [1.54, 1.807) is 15.7 Å². The van der Waals surface area contributed by atoms with Crippen LogP contribution in [-0.2, 0) is 19.7 Å². The number of amides is 1. The number of carbonyl (C=O) groups excluding carboxylic acids is 1. The van der Waals surface area contributed by atoms with Crippen LogP contribution in [0.25, 0.3) is 0 Å². The van der Waals surface area contributed by atoms with E-state index in [-0.39, 0.29) is 12.5 Å². The lowest BCUT2D eigenvalue weighted by Crippen LogP contribution is -2.61. The Kier molecular flexibility index (Phi) is 5.81. The van der Waals surface area contributed by atoms with Crippen molar-refractivity contribution in [3.05, 3.63) is 24.3 Å². The van der Waals surface area contributed by atoms with Crippen molar-refractivity contribution >= 4 is 21.8 Å². The van der Waals surface area contributed by atoms with Crippen molar-refractivity contribution < 1.29 is 22.7 Å². The molecule has 9 nitrogen and oxygen atoms in total. The van der Waals surface area contributed by atoms with E-state index in [0.717, 1.165) is 24.3 Å². The molecule has 176 valence electrons. The fourth-order valence-corrected chi connectivity index (χ4v) is 6.62. The Morgan fingerprint density at radius 2 is 1.59 bits per heavy atom. The van der Waals surface area contributed by atoms with Crippen molar-refractivity contribution in [2.45, 2.75) is 37.3 Å². The number of morpholine rings is 1. The third-order valence-electron chi connectivity index (χ3n) is 7.23. The third-order valence-corrected chi connectivity index (χ3v) is 9.27. The number of hydrogen-bond donors (Lipinski definition) is 0. The lowest BCUT2D eigenvalue weighted by Gasteiger charge is -2.47. The number of rotatable bonds is 5. The second kappa shape index (κ2) is 8.48. The first-order chi connectivity index (χ1) is 15.4. The van der Waals surface area contributed by atoms with Crippen LogP contribution in [0.5, 0.6) is 5.75 Å². The van der Waals surface area contributed by atoms with Crippen LogP contribution in [0.3, 0.4) is 0 Å². The molecular formula is C22H32N4O5S. The average molecular weight is 465 g/mol. The number of methoxy groups -OCH3 is 1. The van der Waals surface area contributed by atoms with E-state index < -0.39 is 15.8 Å². The van der Waals surface area contributed by atoms with Gasteiger partial charge in [-0.15, -0.1) is 0 Å². The Labute approximate surface area is 190 Å². The molecule has 5 rings (SSSR count). The molecule has 0 N–H and O–H groups in total. The summed E-state index contributed by atoms with van der Waals surface area (Å²) < 4.78 is 41.0. The van der Waals surface area contributed by atoms with E-state index in [4.69, 9.17) is 9.47 Å². The molecule has 10 heteroatoms. The molecule has 3 heterocycles. The maximum Gasteiger partial charge on any atom is 0.282 e. The van der Waals surface area contributed by atoms with Crippen molar-refractivity contribution in [3.63, 3.8) is 0 Å². The average Bonchev–Trinajstić information content (AvgIpc) is 3.67. The Morgan fingerprint density at radius 3 is 2.19 bits per heavy atom. The lowest BCUT2D eigenvalue weighted by atomic mass is 9.90. The molecule has 1 aromatic rings. The number of nitrogens with zero attached hydrogens (tertiary/aromatic N) is 4. The molecule has 4 fully saturated rings. The highest BCUT2D eigenvalue weighted by atomic mass is 32.2. The van der Waals surface area contributed by atoms with Gasteiger partial charge in [-0.2, -0.15) is 17.0 Å². The van der Waals surface area contributed by atoms with Crippen LogP contribution < -0.4 is 9.64 Å². The lowest BCUT2D eigenvalue weighted by molar-refractivity contribution is -0.170. The van der Waals surface area contributed by atoms with Gasteiger partial charge in [0.05, 0.1) is 19.3 Å². The smallest absolute Gasteiger partial charge is 0.282 e. The predicted molar refractivity (Wildman–Crippen MR) is 120 cm³/mol. The van der Waals surface area contributed by atoms with Crippen LogP contribution in [0.15, 0.2) is 24.3 Å². The highest BCUT2D eigenvalue weighted by Crippen LogP contribution is 2.37. The largest absolute Gasteiger partial charge is 0.497 e. The van der Waals surface area contributed by atoms with Gasteiger partial charge in [-0.05, 0) is 49.9 Å². The minimum atomic E-state index is -3.50. The predicted octanol–water partition coefficient (Wildman–Crippen LogP) is 0.918. The van der Waals surface area contributed by atoms with Gasteiger partial charge in [0.25, 0.3) is 10.2 Å². The number of anilines is 1. The van der Waals surface area contributed by atoms with Gasteiger partial charge >= 0.3 is 0 Å². The molecule has 0 radical (unpaired) electrons. The van der Waals surface area contributed by atoms with Gasteiger partial charge in [0, 0.05) is 51.0 Å². The molecule has 1 amide bonds. The van der Waals surface area contributed by atoms with Gasteiger partial charge in [0.1, 0.15) is 12.4 Å². The summed E-state index contributed by atoms with van der Waals surface area (Å²) in [5.41, 5.74) is 0.683. The topological polar surface area (TPSA) is 82.6 Å². The zero-order chi connectivity index (χ0) is 22.3. The highest BCUT2D eigenvalue weighted by molar-refractivity contribution is 7.86. The van der Waals surface area contributed by atoms with Gasteiger partial charge < -0.3 is 19.3 Å². The van der Waals surface area contributed by atoms with Gasteiger partial charge in [-0.25, -0.2) is 0 Å². The second-order valence-corrected chi connectivity index (χ2v) is 11.1. The number of ether oxygens (including phenoxy) is 2.